The van der Waals surface area contributed by atoms with Crippen LogP contribution in [0.1, 0.15) is 30.0 Å². The molecule has 0 fully saturated rings. The number of esters is 1. The normalized spacial score (nSPS) is 10.3. The summed E-state index contributed by atoms with van der Waals surface area (Å²) < 4.78 is 11.1. The van der Waals surface area contributed by atoms with Gasteiger partial charge < -0.3 is 14.6 Å². The van der Waals surface area contributed by atoms with Gasteiger partial charge in [-0.3, -0.25) is 4.79 Å². The first-order valence-electron chi connectivity index (χ1n) is 7.25. The van der Waals surface area contributed by atoms with E-state index < -0.39 is 0 Å². The number of carbonyl (C=O) groups is 1. The maximum Gasteiger partial charge on any atom is 0.310 e. The van der Waals surface area contributed by atoms with Gasteiger partial charge in [-0.1, -0.05) is 36.8 Å². The topological polar surface area (TPSA) is 55.8 Å². The molecular formula is C18H20O4. The molecule has 2 rings (SSSR count). The van der Waals surface area contributed by atoms with Crippen molar-refractivity contribution >= 4 is 5.97 Å². The molecule has 0 amide bonds. The molecule has 0 saturated heterocycles. The summed E-state index contributed by atoms with van der Waals surface area (Å²) in [6, 6.07) is 12.9. The van der Waals surface area contributed by atoms with E-state index in [0.29, 0.717) is 23.3 Å². The van der Waals surface area contributed by atoms with E-state index in [-0.39, 0.29) is 19.2 Å². The van der Waals surface area contributed by atoms with Crippen LogP contribution in [-0.2, 0) is 18.0 Å². The number of hydrogen-bond donors (Lipinski definition) is 1. The van der Waals surface area contributed by atoms with Crippen LogP contribution in [0.2, 0.25) is 0 Å². The second-order valence-corrected chi connectivity index (χ2v) is 4.98. The second kappa shape index (κ2) is 7.61. The standard InChI is InChI=1S/C18H20O4/c1-3-18(20)22-17-6-4-5-14(11-19)16(17)12-21-15-9-7-13(2)8-10-15/h4-10,19H,3,11-12H2,1-2H3. The number of benzene rings is 2. The molecule has 0 unspecified atom stereocenters. The van der Waals surface area contributed by atoms with Crippen LogP contribution in [0.5, 0.6) is 11.5 Å². The molecule has 0 spiro atoms. The number of ether oxygens (including phenoxy) is 2. The van der Waals surface area contributed by atoms with E-state index in [1.807, 2.05) is 31.2 Å². The molecule has 4 heteroatoms. The summed E-state index contributed by atoms with van der Waals surface area (Å²) in [6.45, 7) is 3.84. The third-order valence-corrected chi connectivity index (χ3v) is 3.32. The molecule has 0 heterocycles. The minimum absolute atomic E-state index is 0.135. The predicted molar refractivity (Wildman–Crippen MR) is 83.8 cm³/mol. The van der Waals surface area contributed by atoms with Crippen molar-refractivity contribution in [3.63, 3.8) is 0 Å². The van der Waals surface area contributed by atoms with Gasteiger partial charge in [0.1, 0.15) is 18.1 Å². The van der Waals surface area contributed by atoms with Crippen molar-refractivity contribution < 1.29 is 19.4 Å². The van der Waals surface area contributed by atoms with Gasteiger partial charge in [0.15, 0.2) is 0 Å². The summed E-state index contributed by atoms with van der Waals surface area (Å²) in [5.41, 5.74) is 2.53. The SMILES string of the molecule is CCC(=O)Oc1cccc(CO)c1COc1ccc(C)cc1. The van der Waals surface area contributed by atoms with E-state index >= 15 is 0 Å². The highest BCUT2D eigenvalue weighted by Gasteiger charge is 2.12. The highest BCUT2D eigenvalue weighted by molar-refractivity contribution is 5.72. The van der Waals surface area contributed by atoms with Gasteiger partial charge >= 0.3 is 5.97 Å². The first kappa shape index (κ1) is 16.0. The molecular weight excluding hydrogens is 280 g/mol. The molecule has 4 nitrogen and oxygen atoms in total. The van der Waals surface area contributed by atoms with Gasteiger partial charge in [0.05, 0.1) is 6.61 Å². The number of aryl methyl sites for hydroxylation is 1. The first-order chi connectivity index (χ1) is 10.6. The average molecular weight is 300 g/mol. The van der Waals surface area contributed by atoms with Crippen LogP contribution in [0.15, 0.2) is 42.5 Å². The van der Waals surface area contributed by atoms with E-state index in [1.165, 1.54) is 0 Å². The Hall–Kier alpha value is -2.33. The van der Waals surface area contributed by atoms with Crippen LogP contribution in [0.4, 0.5) is 0 Å². The molecule has 1 N–H and O–H groups in total. The van der Waals surface area contributed by atoms with Gasteiger partial charge in [-0.15, -0.1) is 0 Å². The van der Waals surface area contributed by atoms with Crippen molar-refractivity contribution in [3.8, 4) is 11.5 Å². The molecule has 0 radical (unpaired) electrons. The first-order valence-corrected chi connectivity index (χ1v) is 7.25. The lowest BCUT2D eigenvalue weighted by Gasteiger charge is -2.14. The summed E-state index contributed by atoms with van der Waals surface area (Å²) >= 11 is 0. The van der Waals surface area contributed by atoms with E-state index in [4.69, 9.17) is 9.47 Å². The van der Waals surface area contributed by atoms with Gasteiger partial charge in [-0.05, 0) is 30.7 Å². The van der Waals surface area contributed by atoms with Crippen LogP contribution >= 0.6 is 0 Å². The Labute approximate surface area is 130 Å². The molecule has 0 atom stereocenters. The average Bonchev–Trinajstić information content (AvgIpc) is 2.54. The molecule has 0 bridgehead atoms. The number of aliphatic hydroxyl groups is 1. The zero-order valence-electron chi connectivity index (χ0n) is 12.8. The maximum atomic E-state index is 11.5. The Morgan fingerprint density at radius 3 is 2.50 bits per heavy atom. The third kappa shape index (κ3) is 4.09. The molecule has 0 aliphatic heterocycles. The fourth-order valence-electron chi connectivity index (χ4n) is 2.00. The molecule has 2 aromatic rings. The Bertz CT molecular complexity index is 632. The summed E-state index contributed by atoms with van der Waals surface area (Å²) in [5, 5.41) is 9.47. The largest absolute Gasteiger partial charge is 0.489 e. The zero-order chi connectivity index (χ0) is 15.9. The van der Waals surface area contributed by atoms with E-state index in [9.17, 15) is 9.90 Å². The van der Waals surface area contributed by atoms with Crippen molar-refractivity contribution in [2.45, 2.75) is 33.5 Å². The smallest absolute Gasteiger partial charge is 0.310 e. The Morgan fingerprint density at radius 2 is 1.86 bits per heavy atom. The number of rotatable bonds is 6. The van der Waals surface area contributed by atoms with E-state index in [1.54, 1.807) is 25.1 Å². The van der Waals surface area contributed by atoms with Crippen molar-refractivity contribution in [1.82, 2.24) is 0 Å². The van der Waals surface area contributed by atoms with Crippen molar-refractivity contribution in [3.05, 3.63) is 59.2 Å². The monoisotopic (exact) mass is 300 g/mol. The third-order valence-electron chi connectivity index (χ3n) is 3.32. The van der Waals surface area contributed by atoms with Crippen LogP contribution in [0.25, 0.3) is 0 Å². The predicted octanol–water partition coefficient (Wildman–Crippen LogP) is 3.38. The van der Waals surface area contributed by atoms with Gasteiger partial charge in [-0.25, -0.2) is 0 Å². The second-order valence-electron chi connectivity index (χ2n) is 4.98. The number of hydrogen-bond acceptors (Lipinski definition) is 4. The van der Waals surface area contributed by atoms with E-state index in [2.05, 4.69) is 0 Å². The Morgan fingerprint density at radius 1 is 1.14 bits per heavy atom. The summed E-state index contributed by atoms with van der Waals surface area (Å²) in [7, 11) is 0. The van der Waals surface area contributed by atoms with Crippen LogP contribution in [0, 0.1) is 6.92 Å². The van der Waals surface area contributed by atoms with Crippen molar-refractivity contribution in [2.24, 2.45) is 0 Å². The summed E-state index contributed by atoms with van der Waals surface area (Å²) in [5.74, 6) is 0.850. The molecule has 0 aliphatic rings. The lowest BCUT2D eigenvalue weighted by molar-refractivity contribution is -0.134. The minimum Gasteiger partial charge on any atom is -0.489 e. The Balaban J connectivity index is 2.19. The Kier molecular flexibility index (Phi) is 5.55. The quantitative estimate of drug-likeness (QED) is 0.656. The van der Waals surface area contributed by atoms with Gasteiger partial charge in [0.25, 0.3) is 0 Å². The van der Waals surface area contributed by atoms with E-state index in [0.717, 1.165) is 11.3 Å². The summed E-state index contributed by atoms with van der Waals surface area (Å²) in [4.78, 5) is 11.5. The van der Waals surface area contributed by atoms with Crippen LogP contribution in [0.3, 0.4) is 0 Å². The van der Waals surface area contributed by atoms with Gasteiger partial charge in [0, 0.05) is 12.0 Å². The van der Waals surface area contributed by atoms with Crippen LogP contribution < -0.4 is 9.47 Å². The fourth-order valence-corrected chi connectivity index (χ4v) is 2.00. The lowest BCUT2D eigenvalue weighted by atomic mass is 10.1. The highest BCUT2D eigenvalue weighted by atomic mass is 16.5. The van der Waals surface area contributed by atoms with Crippen molar-refractivity contribution in [1.29, 1.82) is 0 Å². The van der Waals surface area contributed by atoms with Gasteiger partial charge in [0.2, 0.25) is 0 Å². The summed E-state index contributed by atoms with van der Waals surface area (Å²) in [6.07, 6.45) is 0.293. The molecule has 0 aliphatic carbocycles. The molecule has 0 saturated carbocycles. The lowest BCUT2D eigenvalue weighted by Crippen LogP contribution is -2.10. The molecule has 0 aromatic heterocycles. The number of aliphatic hydroxyl groups excluding tert-OH is 1. The zero-order valence-corrected chi connectivity index (χ0v) is 12.8. The molecule has 2 aromatic carbocycles. The number of carbonyl (C=O) groups excluding carboxylic acids is 1. The van der Waals surface area contributed by atoms with Gasteiger partial charge in [-0.2, -0.15) is 0 Å². The van der Waals surface area contributed by atoms with Crippen molar-refractivity contribution in [2.75, 3.05) is 0 Å². The van der Waals surface area contributed by atoms with Crippen LogP contribution in [-0.4, -0.2) is 11.1 Å². The highest BCUT2D eigenvalue weighted by Crippen LogP contribution is 2.25. The molecule has 22 heavy (non-hydrogen) atoms. The minimum atomic E-state index is -0.313. The molecule has 116 valence electrons. The maximum absolute atomic E-state index is 11.5. The fraction of sp³-hybridized carbons (Fsp3) is 0.278.